The van der Waals surface area contributed by atoms with Crippen LogP contribution in [0.5, 0.6) is 0 Å². The van der Waals surface area contributed by atoms with Crippen LogP contribution in [0.15, 0.2) is 0 Å². The molecule has 24 heavy (non-hydrogen) atoms. The second-order valence-electron chi connectivity index (χ2n) is 6.56. The Bertz CT molecular complexity index is 458. The number of carbonyl (C=O) groups is 3. The van der Waals surface area contributed by atoms with Gasteiger partial charge in [0.2, 0.25) is 5.91 Å². The number of urea groups is 1. The molecule has 9 heteroatoms. The molecule has 0 aromatic heterocycles. The van der Waals surface area contributed by atoms with E-state index >= 15 is 0 Å². The molecular weight excluding hydrogens is 336 g/mol. The molecule has 0 radical (unpaired) electrons. The van der Waals surface area contributed by atoms with E-state index in [1.807, 2.05) is 0 Å². The summed E-state index contributed by atoms with van der Waals surface area (Å²) < 4.78 is 0. The number of amides is 4. The first kappa shape index (κ1) is 20.7. The van der Waals surface area contributed by atoms with Crippen molar-refractivity contribution in [2.24, 2.45) is 11.8 Å². The van der Waals surface area contributed by atoms with Crippen molar-refractivity contribution < 1.29 is 19.5 Å². The van der Waals surface area contributed by atoms with Gasteiger partial charge in [-0.25, -0.2) is 4.79 Å². The second kappa shape index (κ2) is 9.19. The van der Waals surface area contributed by atoms with Gasteiger partial charge in [-0.2, -0.15) is 0 Å². The van der Waals surface area contributed by atoms with E-state index in [-0.39, 0.29) is 50.0 Å². The van der Waals surface area contributed by atoms with E-state index in [4.69, 9.17) is 5.11 Å². The Hall–Kier alpha value is -1.38. The van der Waals surface area contributed by atoms with Crippen LogP contribution in [-0.2, 0) is 9.59 Å². The summed E-state index contributed by atoms with van der Waals surface area (Å²) in [6.07, 6.45) is 0.716. The first-order chi connectivity index (χ1) is 10.9. The van der Waals surface area contributed by atoms with E-state index in [1.165, 1.54) is 0 Å². The Morgan fingerprint density at radius 3 is 2.62 bits per heavy atom. The molecule has 3 N–H and O–H groups in total. The average Bonchev–Trinajstić information content (AvgIpc) is 3.03. The molecular formula is C15H27ClN4O4. The van der Waals surface area contributed by atoms with Gasteiger partial charge in [0.15, 0.2) is 0 Å². The molecule has 0 aliphatic carbocycles. The molecule has 0 spiro atoms. The van der Waals surface area contributed by atoms with Crippen LogP contribution < -0.4 is 10.6 Å². The van der Waals surface area contributed by atoms with Crippen LogP contribution in [-0.4, -0.2) is 78.1 Å². The third kappa shape index (κ3) is 5.06. The van der Waals surface area contributed by atoms with Crippen molar-refractivity contribution in [1.82, 2.24) is 20.4 Å². The number of hydrogen-bond donors (Lipinski definition) is 3. The zero-order valence-electron chi connectivity index (χ0n) is 14.2. The molecule has 0 bridgehead atoms. The summed E-state index contributed by atoms with van der Waals surface area (Å²) in [6, 6.07) is -0.511. The molecule has 2 heterocycles. The van der Waals surface area contributed by atoms with Gasteiger partial charge in [-0.15, -0.1) is 12.4 Å². The van der Waals surface area contributed by atoms with Crippen molar-refractivity contribution in [3.05, 3.63) is 0 Å². The number of imide groups is 1. The van der Waals surface area contributed by atoms with E-state index in [1.54, 1.807) is 0 Å². The first-order valence-electron chi connectivity index (χ1n) is 8.13. The van der Waals surface area contributed by atoms with Gasteiger partial charge in [-0.1, -0.05) is 13.8 Å². The second-order valence-corrected chi connectivity index (χ2v) is 6.56. The number of nitrogens with one attached hydrogen (secondary N) is 2. The summed E-state index contributed by atoms with van der Waals surface area (Å²) >= 11 is 0. The minimum absolute atomic E-state index is 0. The highest BCUT2D eigenvalue weighted by atomic mass is 35.5. The summed E-state index contributed by atoms with van der Waals surface area (Å²) in [5, 5.41) is 14.3. The van der Waals surface area contributed by atoms with Gasteiger partial charge in [0.1, 0.15) is 6.54 Å². The maximum absolute atomic E-state index is 12.2. The lowest BCUT2D eigenvalue weighted by Gasteiger charge is -2.23. The van der Waals surface area contributed by atoms with Gasteiger partial charge in [0.25, 0.3) is 5.91 Å². The number of halogens is 1. The molecule has 2 atom stereocenters. The third-order valence-corrected chi connectivity index (χ3v) is 4.51. The van der Waals surface area contributed by atoms with Crippen molar-refractivity contribution in [3.63, 3.8) is 0 Å². The zero-order valence-corrected chi connectivity index (χ0v) is 15.0. The van der Waals surface area contributed by atoms with Gasteiger partial charge in [-0.05, 0) is 18.3 Å². The standard InChI is InChI=1S/C15H26N4O4.ClH/c1-10(2)11-7-18(4-3-5-20)8-12(11)17-13(21)9-19-14(22)6-16-15(19)23;/h10-12,20H,3-9H2,1-2H3,(H,16,23)(H,17,21);1H/t11-,12+;/m1./s1. The SMILES string of the molecule is CC(C)[C@H]1CN(CCCO)C[C@@H]1NC(=O)CN1C(=O)CNC1=O.Cl. The fraction of sp³-hybridized carbons (Fsp3) is 0.800. The van der Waals surface area contributed by atoms with E-state index in [9.17, 15) is 14.4 Å². The number of hydrogen-bond acceptors (Lipinski definition) is 5. The van der Waals surface area contributed by atoms with Gasteiger partial charge in [-0.3, -0.25) is 14.5 Å². The van der Waals surface area contributed by atoms with E-state index in [0.29, 0.717) is 18.3 Å². The van der Waals surface area contributed by atoms with Crippen molar-refractivity contribution in [1.29, 1.82) is 0 Å². The predicted molar refractivity (Wildman–Crippen MR) is 90.8 cm³/mol. The Kier molecular flexibility index (Phi) is 7.92. The summed E-state index contributed by atoms with van der Waals surface area (Å²) in [7, 11) is 0. The maximum atomic E-state index is 12.2. The molecule has 0 aromatic carbocycles. The summed E-state index contributed by atoms with van der Waals surface area (Å²) in [5.41, 5.74) is 0. The molecule has 0 unspecified atom stereocenters. The lowest BCUT2D eigenvalue weighted by Crippen LogP contribution is -2.47. The van der Waals surface area contributed by atoms with Crippen LogP contribution >= 0.6 is 12.4 Å². The fourth-order valence-electron chi connectivity index (χ4n) is 3.23. The Balaban J connectivity index is 0.00000288. The fourth-order valence-corrected chi connectivity index (χ4v) is 3.23. The largest absolute Gasteiger partial charge is 0.396 e. The number of carbonyl (C=O) groups excluding carboxylic acids is 3. The lowest BCUT2D eigenvalue weighted by atomic mass is 9.91. The van der Waals surface area contributed by atoms with Crippen LogP contribution in [0.2, 0.25) is 0 Å². The van der Waals surface area contributed by atoms with Gasteiger partial charge < -0.3 is 20.6 Å². The van der Waals surface area contributed by atoms with E-state index in [2.05, 4.69) is 29.4 Å². The summed E-state index contributed by atoms with van der Waals surface area (Å²) in [6.45, 7) is 6.54. The topological polar surface area (TPSA) is 102 Å². The van der Waals surface area contributed by atoms with E-state index in [0.717, 1.165) is 24.5 Å². The predicted octanol–water partition coefficient (Wildman–Crippen LogP) is -0.585. The third-order valence-electron chi connectivity index (χ3n) is 4.51. The Morgan fingerprint density at radius 2 is 2.08 bits per heavy atom. The van der Waals surface area contributed by atoms with Gasteiger partial charge >= 0.3 is 6.03 Å². The molecule has 138 valence electrons. The smallest absolute Gasteiger partial charge is 0.325 e. The Labute approximate surface area is 148 Å². The van der Waals surface area contributed by atoms with Crippen molar-refractivity contribution in [2.45, 2.75) is 26.3 Å². The van der Waals surface area contributed by atoms with Gasteiger partial charge in [0, 0.05) is 32.3 Å². The minimum Gasteiger partial charge on any atom is -0.396 e. The first-order valence-corrected chi connectivity index (χ1v) is 8.13. The van der Waals surface area contributed by atoms with Crippen LogP contribution in [0.1, 0.15) is 20.3 Å². The molecule has 2 aliphatic heterocycles. The minimum atomic E-state index is -0.512. The van der Waals surface area contributed by atoms with Crippen molar-refractivity contribution >= 4 is 30.3 Å². The molecule has 4 amide bonds. The number of aliphatic hydroxyl groups is 1. The lowest BCUT2D eigenvalue weighted by molar-refractivity contribution is -0.131. The normalized spacial score (nSPS) is 24.2. The Morgan fingerprint density at radius 1 is 1.38 bits per heavy atom. The number of rotatable bonds is 7. The molecule has 0 aromatic rings. The van der Waals surface area contributed by atoms with Crippen LogP contribution in [0, 0.1) is 11.8 Å². The quantitative estimate of drug-likeness (QED) is 0.526. The van der Waals surface area contributed by atoms with Crippen LogP contribution in [0.25, 0.3) is 0 Å². The molecule has 2 aliphatic rings. The highest BCUT2D eigenvalue weighted by Gasteiger charge is 2.36. The number of aliphatic hydroxyl groups excluding tert-OH is 1. The number of nitrogens with zero attached hydrogens (tertiary/aromatic N) is 2. The highest BCUT2D eigenvalue weighted by molar-refractivity contribution is 6.04. The monoisotopic (exact) mass is 362 g/mol. The molecule has 0 saturated carbocycles. The molecule has 2 saturated heterocycles. The van der Waals surface area contributed by atoms with Gasteiger partial charge in [0.05, 0.1) is 6.54 Å². The van der Waals surface area contributed by atoms with Crippen molar-refractivity contribution in [3.8, 4) is 0 Å². The molecule has 2 rings (SSSR count). The average molecular weight is 363 g/mol. The summed E-state index contributed by atoms with van der Waals surface area (Å²) in [5.74, 6) is 0.0495. The molecule has 8 nitrogen and oxygen atoms in total. The maximum Gasteiger partial charge on any atom is 0.325 e. The summed E-state index contributed by atoms with van der Waals surface area (Å²) in [4.78, 5) is 38.4. The van der Waals surface area contributed by atoms with Crippen LogP contribution in [0.4, 0.5) is 4.79 Å². The van der Waals surface area contributed by atoms with E-state index < -0.39 is 6.03 Å². The van der Waals surface area contributed by atoms with Crippen LogP contribution in [0.3, 0.4) is 0 Å². The van der Waals surface area contributed by atoms with Crippen molar-refractivity contribution in [2.75, 3.05) is 39.3 Å². The zero-order chi connectivity index (χ0) is 17.0. The number of likely N-dealkylation sites (tertiary alicyclic amines) is 1. The highest BCUT2D eigenvalue weighted by Crippen LogP contribution is 2.24. The molecule has 2 fully saturated rings.